The Bertz CT molecular complexity index is 643. The highest BCUT2D eigenvalue weighted by molar-refractivity contribution is 7.89. The molecule has 1 aromatic rings. The lowest BCUT2D eigenvalue weighted by molar-refractivity contribution is -0.153. The molecule has 2 rings (SSSR count). The Morgan fingerprint density at radius 1 is 1.35 bits per heavy atom. The summed E-state index contributed by atoms with van der Waals surface area (Å²) in [5.41, 5.74) is 0.537. The molecule has 1 unspecified atom stereocenters. The second-order valence-corrected chi connectivity index (χ2v) is 8.35. The van der Waals surface area contributed by atoms with Crippen LogP contribution in [-0.4, -0.2) is 50.2 Å². The summed E-state index contributed by atoms with van der Waals surface area (Å²) in [6.45, 7) is 5.96. The van der Waals surface area contributed by atoms with Gasteiger partial charge in [-0.05, 0) is 26.3 Å². The van der Waals surface area contributed by atoms with E-state index in [0.29, 0.717) is 13.2 Å². The maximum Gasteiger partial charge on any atom is 0.238 e. The van der Waals surface area contributed by atoms with Crippen molar-refractivity contribution in [1.82, 2.24) is 9.62 Å². The van der Waals surface area contributed by atoms with E-state index in [1.807, 2.05) is 44.2 Å². The number of hydrogen-bond donors (Lipinski definition) is 1. The van der Waals surface area contributed by atoms with Gasteiger partial charge in [-0.2, -0.15) is 0 Å². The lowest BCUT2D eigenvalue weighted by Crippen LogP contribution is -2.58. The zero-order chi connectivity index (χ0) is 17.1. The van der Waals surface area contributed by atoms with Gasteiger partial charge in [-0.1, -0.05) is 30.3 Å². The monoisotopic (exact) mass is 340 g/mol. The molecule has 1 heterocycles. The lowest BCUT2D eigenvalue weighted by atomic mass is 9.98. The van der Waals surface area contributed by atoms with Gasteiger partial charge < -0.3 is 9.64 Å². The fourth-order valence-corrected chi connectivity index (χ4v) is 3.07. The molecule has 1 fully saturated rings. The minimum absolute atomic E-state index is 0.0422. The number of hydrogen-bond acceptors (Lipinski definition) is 4. The van der Waals surface area contributed by atoms with Crippen LogP contribution in [0.15, 0.2) is 30.3 Å². The van der Waals surface area contributed by atoms with Crippen LogP contribution in [0.2, 0.25) is 0 Å². The fraction of sp³-hybridized carbons (Fsp3) is 0.562. The first-order valence-electron chi connectivity index (χ1n) is 7.69. The molecule has 128 valence electrons. The number of morpholine rings is 1. The van der Waals surface area contributed by atoms with E-state index in [1.165, 1.54) is 6.92 Å². The molecular weight excluding hydrogens is 316 g/mol. The molecule has 1 aliphatic rings. The van der Waals surface area contributed by atoms with Gasteiger partial charge in [0, 0.05) is 0 Å². The number of nitrogens with zero attached hydrogens (tertiary/aromatic N) is 1. The summed E-state index contributed by atoms with van der Waals surface area (Å²) in [4.78, 5) is 14.2. The van der Waals surface area contributed by atoms with Gasteiger partial charge in [-0.25, -0.2) is 13.1 Å². The van der Waals surface area contributed by atoms with E-state index in [9.17, 15) is 13.2 Å². The summed E-state index contributed by atoms with van der Waals surface area (Å²) >= 11 is 0. The highest BCUT2D eigenvalue weighted by atomic mass is 32.2. The number of sulfonamides is 1. The quantitative estimate of drug-likeness (QED) is 0.877. The number of amides is 1. The van der Waals surface area contributed by atoms with Crippen molar-refractivity contribution in [2.75, 3.05) is 25.4 Å². The van der Waals surface area contributed by atoms with Gasteiger partial charge in [0.15, 0.2) is 0 Å². The first-order chi connectivity index (χ1) is 10.7. The van der Waals surface area contributed by atoms with Crippen LogP contribution in [0.25, 0.3) is 0 Å². The van der Waals surface area contributed by atoms with Gasteiger partial charge in [0.05, 0.1) is 31.0 Å². The number of nitrogens with one attached hydrogen (secondary N) is 1. The van der Waals surface area contributed by atoms with E-state index in [-0.39, 0.29) is 24.3 Å². The molecule has 6 nitrogen and oxygen atoms in total. The van der Waals surface area contributed by atoms with Crippen LogP contribution in [0.4, 0.5) is 0 Å². The van der Waals surface area contributed by atoms with Crippen molar-refractivity contribution in [3.05, 3.63) is 35.9 Å². The molecule has 1 saturated heterocycles. The molecule has 23 heavy (non-hydrogen) atoms. The van der Waals surface area contributed by atoms with Crippen LogP contribution in [0.5, 0.6) is 0 Å². The number of carbonyl (C=O) groups is 1. The molecule has 0 saturated carbocycles. The third-order valence-electron chi connectivity index (χ3n) is 4.01. The molecule has 1 atom stereocenters. The summed E-state index contributed by atoms with van der Waals surface area (Å²) in [7, 11) is -3.38. The number of benzene rings is 1. The van der Waals surface area contributed by atoms with Crippen LogP contribution in [0.3, 0.4) is 0 Å². The molecule has 0 spiro atoms. The Labute approximate surface area is 137 Å². The minimum Gasteiger partial charge on any atom is -0.369 e. The highest BCUT2D eigenvalue weighted by Crippen LogP contribution is 2.30. The topological polar surface area (TPSA) is 75.7 Å². The third kappa shape index (κ3) is 4.53. The molecule has 0 radical (unpaired) electrons. The predicted octanol–water partition coefficient (Wildman–Crippen LogP) is 1.30. The normalized spacial score (nSPS) is 21.2. The summed E-state index contributed by atoms with van der Waals surface area (Å²) in [5, 5.41) is 0. The maximum atomic E-state index is 12.5. The molecular formula is C16H24N2O4S. The fourth-order valence-electron chi connectivity index (χ4n) is 2.53. The van der Waals surface area contributed by atoms with Gasteiger partial charge in [-0.15, -0.1) is 0 Å². The molecule has 7 heteroatoms. The zero-order valence-electron chi connectivity index (χ0n) is 13.8. The maximum absolute atomic E-state index is 12.5. The summed E-state index contributed by atoms with van der Waals surface area (Å²) < 4.78 is 31.3. The Kier molecular flexibility index (Phi) is 5.44. The van der Waals surface area contributed by atoms with Crippen molar-refractivity contribution < 1.29 is 17.9 Å². The molecule has 1 N–H and O–H groups in total. The van der Waals surface area contributed by atoms with Gasteiger partial charge in [0.1, 0.15) is 6.10 Å². The van der Waals surface area contributed by atoms with E-state index in [0.717, 1.165) is 5.56 Å². The van der Waals surface area contributed by atoms with Gasteiger partial charge in [0.25, 0.3) is 0 Å². The molecule has 0 aromatic heterocycles. The standard InChI is InChI=1S/C16H24N2O4S/c1-4-23(20,21)17-10-15(19)18-11-14(22-12-16(18,2)3)13-8-6-5-7-9-13/h5-9,14,17H,4,10-12H2,1-3H3. The number of ether oxygens (including phenoxy) is 1. The van der Waals surface area contributed by atoms with Crippen LogP contribution >= 0.6 is 0 Å². The molecule has 0 bridgehead atoms. The summed E-state index contributed by atoms with van der Waals surface area (Å²) in [6.07, 6.45) is -0.198. The highest BCUT2D eigenvalue weighted by Gasteiger charge is 2.38. The summed E-state index contributed by atoms with van der Waals surface area (Å²) in [5.74, 6) is -0.282. The predicted molar refractivity (Wildman–Crippen MR) is 88.4 cm³/mol. The van der Waals surface area contributed by atoms with Gasteiger partial charge in [0.2, 0.25) is 15.9 Å². The van der Waals surface area contributed by atoms with Crippen LogP contribution in [0.1, 0.15) is 32.4 Å². The Balaban J connectivity index is 2.09. The molecule has 1 aliphatic heterocycles. The van der Waals surface area contributed by atoms with Crippen molar-refractivity contribution >= 4 is 15.9 Å². The van der Waals surface area contributed by atoms with Crippen LogP contribution in [-0.2, 0) is 19.6 Å². The molecule has 0 aliphatic carbocycles. The molecule has 1 aromatic carbocycles. The molecule has 1 amide bonds. The van der Waals surface area contributed by atoms with Crippen LogP contribution in [0, 0.1) is 0 Å². The Morgan fingerprint density at radius 2 is 2.00 bits per heavy atom. The first kappa shape index (κ1) is 17.9. The lowest BCUT2D eigenvalue weighted by Gasteiger charge is -2.45. The smallest absolute Gasteiger partial charge is 0.238 e. The van der Waals surface area contributed by atoms with E-state index in [2.05, 4.69) is 4.72 Å². The van der Waals surface area contributed by atoms with Gasteiger partial charge >= 0.3 is 0 Å². The van der Waals surface area contributed by atoms with E-state index in [1.54, 1.807) is 4.90 Å². The second-order valence-electron chi connectivity index (χ2n) is 6.25. The first-order valence-corrected chi connectivity index (χ1v) is 9.35. The van der Waals surface area contributed by atoms with E-state index in [4.69, 9.17) is 4.74 Å². The van der Waals surface area contributed by atoms with E-state index < -0.39 is 15.6 Å². The summed E-state index contributed by atoms with van der Waals surface area (Å²) in [6, 6.07) is 9.72. The zero-order valence-corrected chi connectivity index (χ0v) is 14.6. The van der Waals surface area contributed by atoms with Crippen molar-refractivity contribution in [1.29, 1.82) is 0 Å². The van der Waals surface area contributed by atoms with Crippen molar-refractivity contribution in [2.45, 2.75) is 32.4 Å². The largest absolute Gasteiger partial charge is 0.369 e. The van der Waals surface area contributed by atoms with Gasteiger partial charge in [-0.3, -0.25) is 4.79 Å². The third-order valence-corrected chi connectivity index (χ3v) is 5.36. The van der Waals surface area contributed by atoms with Crippen molar-refractivity contribution in [2.24, 2.45) is 0 Å². The number of rotatable bonds is 5. The van der Waals surface area contributed by atoms with Crippen molar-refractivity contribution in [3.63, 3.8) is 0 Å². The Morgan fingerprint density at radius 3 is 2.61 bits per heavy atom. The average molecular weight is 340 g/mol. The Hall–Kier alpha value is -1.44. The average Bonchev–Trinajstić information content (AvgIpc) is 2.53. The van der Waals surface area contributed by atoms with Crippen LogP contribution < -0.4 is 4.72 Å². The second kappa shape index (κ2) is 6.98. The SMILES string of the molecule is CCS(=O)(=O)NCC(=O)N1CC(c2ccccc2)OCC1(C)C. The minimum atomic E-state index is -3.38. The van der Waals surface area contributed by atoms with Crippen molar-refractivity contribution in [3.8, 4) is 0 Å². The van der Waals surface area contributed by atoms with E-state index >= 15 is 0 Å². The number of carbonyl (C=O) groups excluding carboxylic acids is 1.